The van der Waals surface area contributed by atoms with Crippen molar-refractivity contribution < 1.29 is 5.11 Å². The zero-order valence-electron chi connectivity index (χ0n) is 7.51. The number of aliphatic hydroxyl groups excluding tert-OH is 1. The maximum absolute atomic E-state index is 9.89. The molecule has 1 fully saturated rings. The normalized spacial score (nSPS) is 24.9. The Kier molecular flexibility index (Phi) is 2.24. The van der Waals surface area contributed by atoms with Gasteiger partial charge in [-0.3, -0.25) is 0 Å². The number of aromatic nitrogens is 4. The van der Waals surface area contributed by atoms with E-state index in [1.807, 2.05) is 0 Å². The first-order valence-electron chi connectivity index (χ1n) is 4.40. The minimum Gasteiger partial charge on any atom is -0.385 e. The summed E-state index contributed by atoms with van der Waals surface area (Å²) in [7, 11) is 1.74. The van der Waals surface area contributed by atoms with Gasteiger partial charge in [-0.25, -0.2) is 4.68 Å². The van der Waals surface area contributed by atoms with Crippen LogP contribution >= 0.6 is 0 Å². The van der Waals surface area contributed by atoms with Crippen molar-refractivity contribution in [2.75, 3.05) is 13.1 Å². The van der Waals surface area contributed by atoms with Crippen molar-refractivity contribution in [2.45, 2.75) is 12.5 Å². The number of nitrogens with one attached hydrogen (secondary N) is 1. The molecule has 6 heteroatoms. The molecule has 0 aliphatic carbocycles. The van der Waals surface area contributed by atoms with Crippen LogP contribution in [0.25, 0.3) is 0 Å². The highest BCUT2D eigenvalue weighted by Gasteiger charge is 2.27. The van der Waals surface area contributed by atoms with Crippen LogP contribution in [-0.2, 0) is 7.05 Å². The molecule has 0 bridgehead atoms. The maximum Gasteiger partial charge on any atom is 0.180 e. The summed E-state index contributed by atoms with van der Waals surface area (Å²) in [4.78, 5) is 0. The third-order valence-electron chi connectivity index (χ3n) is 2.46. The standard InChI is InChI=1S/C7H13N5O/c1-12-7(9-10-11-12)6(13)5-2-3-8-4-5/h5-6,8,13H,2-4H2,1H3/t5-,6?/m0/s1. The van der Waals surface area contributed by atoms with Crippen LogP contribution in [-0.4, -0.2) is 38.4 Å². The Morgan fingerprint density at radius 3 is 3.08 bits per heavy atom. The third kappa shape index (κ3) is 1.54. The Morgan fingerprint density at radius 1 is 1.69 bits per heavy atom. The lowest BCUT2D eigenvalue weighted by Gasteiger charge is -2.14. The fourth-order valence-corrected chi connectivity index (χ4v) is 1.64. The van der Waals surface area contributed by atoms with E-state index < -0.39 is 6.10 Å². The fraction of sp³-hybridized carbons (Fsp3) is 0.857. The molecule has 0 aromatic carbocycles. The number of tetrazole rings is 1. The van der Waals surface area contributed by atoms with Crippen LogP contribution in [0.4, 0.5) is 0 Å². The summed E-state index contributed by atoms with van der Waals surface area (Å²) in [5, 5.41) is 24.0. The van der Waals surface area contributed by atoms with Crippen molar-refractivity contribution in [1.29, 1.82) is 0 Å². The maximum atomic E-state index is 9.89. The SMILES string of the molecule is Cn1nnnc1C(O)[C@H]1CCNC1. The number of rotatable bonds is 2. The van der Waals surface area contributed by atoms with E-state index in [2.05, 4.69) is 20.8 Å². The van der Waals surface area contributed by atoms with Crippen LogP contribution < -0.4 is 5.32 Å². The van der Waals surface area contributed by atoms with Crippen molar-refractivity contribution in [3.05, 3.63) is 5.82 Å². The average Bonchev–Trinajstić information content (AvgIpc) is 2.72. The van der Waals surface area contributed by atoms with E-state index in [4.69, 9.17) is 0 Å². The van der Waals surface area contributed by atoms with Gasteiger partial charge in [-0.15, -0.1) is 5.10 Å². The molecule has 2 N–H and O–H groups in total. The van der Waals surface area contributed by atoms with E-state index >= 15 is 0 Å². The van der Waals surface area contributed by atoms with Crippen LogP contribution in [0, 0.1) is 5.92 Å². The van der Waals surface area contributed by atoms with Crippen molar-refractivity contribution >= 4 is 0 Å². The summed E-state index contributed by atoms with van der Waals surface area (Å²) in [6.07, 6.45) is 0.434. The Morgan fingerprint density at radius 2 is 2.54 bits per heavy atom. The van der Waals surface area contributed by atoms with Crippen molar-refractivity contribution in [2.24, 2.45) is 13.0 Å². The van der Waals surface area contributed by atoms with Crippen LogP contribution in [0.2, 0.25) is 0 Å². The van der Waals surface area contributed by atoms with Crippen molar-refractivity contribution in [3.8, 4) is 0 Å². The first kappa shape index (κ1) is 8.58. The highest BCUT2D eigenvalue weighted by Crippen LogP contribution is 2.23. The first-order chi connectivity index (χ1) is 6.29. The minimum atomic E-state index is -0.546. The van der Waals surface area contributed by atoms with Gasteiger partial charge >= 0.3 is 0 Å². The van der Waals surface area contributed by atoms with Gasteiger partial charge in [0.1, 0.15) is 6.10 Å². The molecule has 2 heterocycles. The molecule has 2 rings (SSSR count). The van der Waals surface area contributed by atoms with Crippen LogP contribution in [0.5, 0.6) is 0 Å². The summed E-state index contributed by atoms with van der Waals surface area (Å²) < 4.78 is 1.52. The van der Waals surface area contributed by atoms with Crippen molar-refractivity contribution in [1.82, 2.24) is 25.5 Å². The smallest absolute Gasteiger partial charge is 0.180 e. The molecule has 6 nitrogen and oxygen atoms in total. The van der Waals surface area contributed by atoms with Crippen molar-refractivity contribution in [3.63, 3.8) is 0 Å². The molecule has 1 unspecified atom stereocenters. The fourth-order valence-electron chi connectivity index (χ4n) is 1.64. The van der Waals surface area contributed by atoms with Gasteiger partial charge < -0.3 is 10.4 Å². The van der Waals surface area contributed by atoms with Gasteiger partial charge in [-0.05, 0) is 23.4 Å². The topological polar surface area (TPSA) is 75.9 Å². The van der Waals surface area contributed by atoms with Gasteiger partial charge in [0, 0.05) is 19.5 Å². The molecule has 0 amide bonds. The third-order valence-corrected chi connectivity index (χ3v) is 2.46. The van der Waals surface area contributed by atoms with E-state index in [1.54, 1.807) is 7.05 Å². The van der Waals surface area contributed by atoms with E-state index in [0.29, 0.717) is 5.82 Å². The predicted octanol–water partition coefficient (Wildman–Crippen LogP) is -1.15. The Hall–Kier alpha value is -1.01. The monoisotopic (exact) mass is 183 g/mol. The minimum absolute atomic E-state index is 0.240. The molecule has 0 spiro atoms. The zero-order chi connectivity index (χ0) is 9.26. The van der Waals surface area contributed by atoms with Gasteiger partial charge in [0.25, 0.3) is 0 Å². The number of hydrogen-bond donors (Lipinski definition) is 2. The van der Waals surface area contributed by atoms with Gasteiger partial charge in [0.2, 0.25) is 0 Å². The first-order valence-corrected chi connectivity index (χ1v) is 4.40. The average molecular weight is 183 g/mol. The summed E-state index contributed by atoms with van der Waals surface area (Å²) in [6, 6.07) is 0. The largest absolute Gasteiger partial charge is 0.385 e. The number of hydrogen-bond acceptors (Lipinski definition) is 5. The molecule has 13 heavy (non-hydrogen) atoms. The summed E-state index contributed by atoms with van der Waals surface area (Å²) in [5.74, 6) is 0.790. The van der Waals surface area contributed by atoms with E-state index in [0.717, 1.165) is 19.5 Å². The molecule has 1 aromatic heterocycles. The molecule has 1 aromatic rings. The second-order valence-corrected chi connectivity index (χ2v) is 3.36. The zero-order valence-corrected chi connectivity index (χ0v) is 7.51. The number of nitrogens with zero attached hydrogens (tertiary/aromatic N) is 4. The lowest BCUT2D eigenvalue weighted by Crippen LogP contribution is -2.19. The lowest BCUT2D eigenvalue weighted by molar-refractivity contribution is 0.105. The Balaban J connectivity index is 2.12. The summed E-state index contributed by atoms with van der Waals surface area (Å²) in [5.41, 5.74) is 0. The second-order valence-electron chi connectivity index (χ2n) is 3.36. The molecule has 1 aliphatic rings. The van der Waals surface area contributed by atoms with E-state index in [9.17, 15) is 5.11 Å². The molecule has 2 atom stereocenters. The number of aliphatic hydroxyl groups is 1. The molecular formula is C7H13N5O. The second kappa shape index (κ2) is 3.39. The van der Waals surface area contributed by atoms with Crippen LogP contribution in [0.1, 0.15) is 18.3 Å². The molecule has 1 aliphatic heterocycles. The Bertz CT molecular complexity index is 280. The van der Waals surface area contributed by atoms with E-state index in [1.165, 1.54) is 4.68 Å². The van der Waals surface area contributed by atoms with Crippen LogP contribution in [0.3, 0.4) is 0 Å². The molecule has 72 valence electrons. The highest BCUT2D eigenvalue weighted by molar-refractivity contribution is 4.92. The lowest BCUT2D eigenvalue weighted by atomic mass is 10.0. The number of aryl methyl sites for hydroxylation is 1. The van der Waals surface area contributed by atoms with E-state index in [-0.39, 0.29) is 5.92 Å². The summed E-state index contributed by atoms with van der Waals surface area (Å²) >= 11 is 0. The van der Waals surface area contributed by atoms with Gasteiger partial charge in [0.15, 0.2) is 5.82 Å². The predicted molar refractivity (Wildman–Crippen MR) is 44.7 cm³/mol. The highest BCUT2D eigenvalue weighted by atomic mass is 16.3. The van der Waals surface area contributed by atoms with Gasteiger partial charge in [-0.1, -0.05) is 0 Å². The van der Waals surface area contributed by atoms with Gasteiger partial charge in [0.05, 0.1) is 0 Å². The van der Waals surface area contributed by atoms with Crippen LogP contribution in [0.15, 0.2) is 0 Å². The summed E-state index contributed by atoms with van der Waals surface area (Å²) in [6.45, 7) is 1.81. The van der Waals surface area contributed by atoms with Gasteiger partial charge in [-0.2, -0.15) is 0 Å². The molecule has 1 saturated heterocycles. The molecule has 0 saturated carbocycles. The molecular weight excluding hydrogens is 170 g/mol. The molecule has 0 radical (unpaired) electrons. The quantitative estimate of drug-likeness (QED) is 0.605. The Labute approximate surface area is 75.9 Å².